The summed E-state index contributed by atoms with van der Waals surface area (Å²) in [4.78, 5) is 0. The molecule has 0 saturated carbocycles. The summed E-state index contributed by atoms with van der Waals surface area (Å²) in [5.74, 6) is 0. The monoisotopic (exact) mass is 254 g/mol. The Labute approximate surface area is 90.7 Å². The van der Waals surface area contributed by atoms with Crippen LogP contribution in [-0.2, 0) is 16.5 Å². The van der Waals surface area contributed by atoms with Gasteiger partial charge in [-0.25, -0.2) is 0 Å². The van der Waals surface area contributed by atoms with Crippen molar-refractivity contribution >= 4 is 10.1 Å². The summed E-state index contributed by atoms with van der Waals surface area (Å²) in [7, 11) is -5.15. The molecular weight excluding hydrogens is 245 g/mol. The summed E-state index contributed by atoms with van der Waals surface area (Å²) in [6.07, 6.45) is -5.77. The maximum Gasteiger partial charge on any atom is 0.408 e. The molecule has 0 aromatic heterocycles. The van der Waals surface area contributed by atoms with Gasteiger partial charge in [0.15, 0.2) is 5.25 Å². The van der Waals surface area contributed by atoms with Gasteiger partial charge in [0.25, 0.3) is 10.1 Å². The van der Waals surface area contributed by atoms with Crippen molar-refractivity contribution in [2.75, 3.05) is 0 Å². The first-order valence-corrected chi connectivity index (χ1v) is 5.78. The number of hydrogen-bond acceptors (Lipinski definition) is 2. The Morgan fingerprint density at radius 3 is 2.06 bits per heavy atom. The zero-order chi connectivity index (χ0) is 12.4. The molecule has 0 spiro atoms. The second-order valence-electron chi connectivity index (χ2n) is 3.23. The van der Waals surface area contributed by atoms with Gasteiger partial charge in [-0.15, -0.1) is 0 Å². The molecular formula is C9H9F3O3S. The summed E-state index contributed by atoms with van der Waals surface area (Å²) < 4.78 is 66.9. The van der Waals surface area contributed by atoms with Crippen LogP contribution in [0.1, 0.15) is 5.56 Å². The highest BCUT2D eigenvalue weighted by atomic mass is 32.2. The van der Waals surface area contributed by atoms with Crippen molar-refractivity contribution in [1.29, 1.82) is 0 Å². The van der Waals surface area contributed by atoms with Crippen molar-refractivity contribution < 1.29 is 26.1 Å². The van der Waals surface area contributed by atoms with E-state index >= 15 is 0 Å². The smallest absolute Gasteiger partial charge is 0.285 e. The van der Waals surface area contributed by atoms with E-state index in [2.05, 4.69) is 0 Å². The Morgan fingerprint density at radius 2 is 1.69 bits per heavy atom. The van der Waals surface area contributed by atoms with E-state index in [1.165, 1.54) is 24.3 Å². The highest BCUT2D eigenvalue weighted by Gasteiger charge is 2.47. The fourth-order valence-corrected chi connectivity index (χ4v) is 1.96. The molecule has 1 unspecified atom stereocenters. The number of alkyl halides is 3. The van der Waals surface area contributed by atoms with Crippen LogP contribution in [-0.4, -0.2) is 24.4 Å². The third kappa shape index (κ3) is 3.49. The average molecular weight is 254 g/mol. The van der Waals surface area contributed by atoms with Crippen molar-refractivity contribution in [2.45, 2.75) is 17.8 Å². The first-order chi connectivity index (χ1) is 7.21. The minimum absolute atomic E-state index is 0.197. The molecule has 1 atom stereocenters. The first kappa shape index (κ1) is 13.0. The van der Waals surface area contributed by atoms with E-state index in [1.807, 2.05) is 0 Å². The molecule has 0 saturated heterocycles. The van der Waals surface area contributed by atoms with Crippen LogP contribution in [0.15, 0.2) is 30.3 Å². The van der Waals surface area contributed by atoms with Crippen molar-refractivity contribution in [2.24, 2.45) is 0 Å². The van der Waals surface area contributed by atoms with Crippen molar-refractivity contribution in [1.82, 2.24) is 0 Å². The van der Waals surface area contributed by atoms with Crippen LogP contribution >= 0.6 is 0 Å². The second-order valence-corrected chi connectivity index (χ2v) is 4.83. The van der Waals surface area contributed by atoms with Crippen LogP contribution in [0.5, 0.6) is 0 Å². The fraction of sp³-hybridized carbons (Fsp3) is 0.333. The molecule has 0 aliphatic rings. The molecule has 0 amide bonds. The minimum Gasteiger partial charge on any atom is -0.285 e. The van der Waals surface area contributed by atoms with Crippen LogP contribution in [0.4, 0.5) is 13.2 Å². The molecule has 0 radical (unpaired) electrons. The average Bonchev–Trinajstić information content (AvgIpc) is 2.12. The highest BCUT2D eigenvalue weighted by Crippen LogP contribution is 2.28. The van der Waals surface area contributed by atoms with E-state index in [1.54, 1.807) is 6.07 Å². The maximum absolute atomic E-state index is 12.4. The van der Waals surface area contributed by atoms with Crippen molar-refractivity contribution in [3.05, 3.63) is 35.9 Å². The Kier molecular flexibility index (Phi) is 3.59. The zero-order valence-electron chi connectivity index (χ0n) is 7.98. The Morgan fingerprint density at radius 1 is 1.19 bits per heavy atom. The topological polar surface area (TPSA) is 54.4 Å². The van der Waals surface area contributed by atoms with Gasteiger partial charge >= 0.3 is 6.18 Å². The number of rotatable bonds is 3. The van der Waals surface area contributed by atoms with Crippen LogP contribution in [0.25, 0.3) is 0 Å². The lowest BCUT2D eigenvalue weighted by atomic mass is 10.1. The summed E-state index contributed by atoms with van der Waals surface area (Å²) in [6, 6.07) is 7.31. The lowest BCUT2D eigenvalue weighted by Crippen LogP contribution is -2.38. The zero-order valence-corrected chi connectivity index (χ0v) is 8.79. The molecule has 0 aliphatic heterocycles. The van der Waals surface area contributed by atoms with Crippen molar-refractivity contribution in [3.8, 4) is 0 Å². The molecule has 0 bridgehead atoms. The first-order valence-electron chi connectivity index (χ1n) is 4.28. The van der Waals surface area contributed by atoms with E-state index in [0.29, 0.717) is 0 Å². The van der Waals surface area contributed by atoms with E-state index in [4.69, 9.17) is 4.55 Å². The SMILES string of the molecule is O=S(=O)(O)C(Cc1ccccc1)C(F)(F)F. The third-order valence-electron chi connectivity index (χ3n) is 1.99. The van der Waals surface area contributed by atoms with Gasteiger partial charge in [-0.3, -0.25) is 4.55 Å². The predicted octanol–water partition coefficient (Wildman–Crippen LogP) is 2.05. The van der Waals surface area contributed by atoms with Gasteiger partial charge in [-0.05, 0) is 5.56 Å². The third-order valence-corrected chi connectivity index (χ3v) is 3.14. The Balaban J connectivity index is 2.99. The molecule has 0 fully saturated rings. The minimum atomic E-state index is -5.15. The van der Waals surface area contributed by atoms with Crippen LogP contribution in [0.3, 0.4) is 0 Å². The lowest BCUT2D eigenvalue weighted by molar-refractivity contribution is -0.131. The fourth-order valence-electron chi connectivity index (χ4n) is 1.22. The molecule has 3 nitrogen and oxygen atoms in total. The molecule has 1 N–H and O–H groups in total. The van der Waals surface area contributed by atoms with Gasteiger partial charge in [-0.2, -0.15) is 21.6 Å². The molecule has 0 heterocycles. The number of benzene rings is 1. The van der Waals surface area contributed by atoms with E-state index < -0.39 is 28.0 Å². The van der Waals surface area contributed by atoms with Gasteiger partial charge < -0.3 is 0 Å². The van der Waals surface area contributed by atoms with Gasteiger partial charge in [0.1, 0.15) is 0 Å². The van der Waals surface area contributed by atoms with Crippen LogP contribution in [0.2, 0.25) is 0 Å². The quantitative estimate of drug-likeness (QED) is 0.840. The second kappa shape index (κ2) is 4.42. The summed E-state index contributed by atoms with van der Waals surface area (Å²) in [6.45, 7) is 0. The number of halogens is 3. The van der Waals surface area contributed by atoms with E-state index in [0.717, 1.165) is 0 Å². The molecule has 1 aromatic carbocycles. The summed E-state index contributed by atoms with van der Waals surface area (Å²) in [5.41, 5.74) is 0.197. The molecule has 90 valence electrons. The van der Waals surface area contributed by atoms with E-state index in [9.17, 15) is 21.6 Å². The Bertz CT molecular complexity index is 439. The summed E-state index contributed by atoms with van der Waals surface area (Å²) >= 11 is 0. The molecule has 16 heavy (non-hydrogen) atoms. The van der Waals surface area contributed by atoms with Gasteiger partial charge in [0.05, 0.1) is 0 Å². The largest absolute Gasteiger partial charge is 0.408 e. The standard InChI is InChI=1S/C9H9F3O3S/c10-9(11,12)8(16(13,14)15)6-7-4-2-1-3-5-7/h1-5,8H,6H2,(H,13,14,15). The Hall–Kier alpha value is -1.08. The van der Waals surface area contributed by atoms with Gasteiger partial charge in [0.2, 0.25) is 0 Å². The molecule has 1 rings (SSSR count). The lowest BCUT2D eigenvalue weighted by Gasteiger charge is -2.17. The maximum atomic E-state index is 12.4. The van der Waals surface area contributed by atoms with E-state index in [-0.39, 0.29) is 5.56 Å². The van der Waals surface area contributed by atoms with Crippen LogP contribution < -0.4 is 0 Å². The van der Waals surface area contributed by atoms with Crippen LogP contribution in [0, 0.1) is 0 Å². The normalized spacial score (nSPS) is 14.8. The van der Waals surface area contributed by atoms with Gasteiger partial charge in [0, 0.05) is 6.42 Å². The highest BCUT2D eigenvalue weighted by molar-refractivity contribution is 7.86. The molecule has 1 aromatic rings. The molecule has 0 aliphatic carbocycles. The molecule has 7 heteroatoms. The van der Waals surface area contributed by atoms with Crippen molar-refractivity contribution in [3.63, 3.8) is 0 Å². The summed E-state index contributed by atoms with van der Waals surface area (Å²) in [5, 5.41) is -2.78. The van der Waals surface area contributed by atoms with Gasteiger partial charge in [-0.1, -0.05) is 30.3 Å². The number of hydrogen-bond donors (Lipinski definition) is 1. The predicted molar refractivity (Wildman–Crippen MR) is 51.5 cm³/mol.